The number of rotatable bonds is 5. The van der Waals surface area contributed by atoms with Gasteiger partial charge in [0.25, 0.3) is 5.56 Å². The standard InChI is InChI=1S/C22H20N4O2/c1-15-8-9-18(14-16(15)2)19-10-11-21(27)26(24-19)13-12-20-23-22(25-28-20)17-6-4-3-5-7-17/h3-11,14H,12-13H2,1-2H3. The third kappa shape index (κ3) is 3.76. The van der Waals surface area contributed by atoms with Crippen LogP contribution in [0.2, 0.25) is 0 Å². The molecule has 0 N–H and O–H groups in total. The molecular weight excluding hydrogens is 352 g/mol. The van der Waals surface area contributed by atoms with Crippen molar-refractivity contribution in [3.63, 3.8) is 0 Å². The van der Waals surface area contributed by atoms with Crippen LogP contribution in [0, 0.1) is 13.8 Å². The molecule has 0 amide bonds. The fourth-order valence-electron chi connectivity index (χ4n) is 2.93. The number of aromatic nitrogens is 4. The average molecular weight is 372 g/mol. The van der Waals surface area contributed by atoms with Gasteiger partial charge in [-0.2, -0.15) is 10.1 Å². The van der Waals surface area contributed by atoms with Gasteiger partial charge in [-0.25, -0.2) is 4.68 Å². The minimum absolute atomic E-state index is 0.157. The van der Waals surface area contributed by atoms with E-state index in [9.17, 15) is 4.79 Å². The molecule has 28 heavy (non-hydrogen) atoms. The molecule has 4 rings (SSSR count). The summed E-state index contributed by atoms with van der Waals surface area (Å²) in [7, 11) is 0. The Morgan fingerprint density at radius 1 is 0.929 bits per heavy atom. The van der Waals surface area contributed by atoms with E-state index in [4.69, 9.17) is 4.52 Å². The lowest BCUT2D eigenvalue weighted by molar-refractivity contribution is 0.368. The van der Waals surface area contributed by atoms with E-state index in [0.717, 1.165) is 16.8 Å². The first-order valence-electron chi connectivity index (χ1n) is 9.14. The van der Waals surface area contributed by atoms with Crippen molar-refractivity contribution < 1.29 is 4.52 Å². The Morgan fingerprint density at radius 3 is 2.54 bits per heavy atom. The van der Waals surface area contributed by atoms with Crippen molar-refractivity contribution in [2.75, 3.05) is 0 Å². The zero-order valence-electron chi connectivity index (χ0n) is 15.8. The van der Waals surface area contributed by atoms with E-state index in [1.807, 2.05) is 36.4 Å². The van der Waals surface area contributed by atoms with E-state index in [-0.39, 0.29) is 5.56 Å². The molecule has 0 bridgehead atoms. The summed E-state index contributed by atoms with van der Waals surface area (Å²) in [5.74, 6) is 1.02. The number of aryl methyl sites for hydroxylation is 4. The summed E-state index contributed by atoms with van der Waals surface area (Å²) >= 11 is 0. The summed E-state index contributed by atoms with van der Waals surface area (Å²) in [5, 5.41) is 8.52. The second-order valence-corrected chi connectivity index (χ2v) is 6.71. The SMILES string of the molecule is Cc1ccc(-c2ccc(=O)n(CCc3nc(-c4ccccc4)no3)n2)cc1C. The molecule has 4 aromatic rings. The summed E-state index contributed by atoms with van der Waals surface area (Å²) in [6.07, 6.45) is 0.434. The molecule has 2 aromatic heterocycles. The highest BCUT2D eigenvalue weighted by molar-refractivity contribution is 5.60. The maximum Gasteiger partial charge on any atom is 0.266 e. The fourth-order valence-corrected chi connectivity index (χ4v) is 2.93. The molecule has 0 saturated heterocycles. The minimum atomic E-state index is -0.157. The van der Waals surface area contributed by atoms with Crippen molar-refractivity contribution in [3.8, 4) is 22.6 Å². The topological polar surface area (TPSA) is 73.8 Å². The smallest absolute Gasteiger partial charge is 0.266 e. The first kappa shape index (κ1) is 17.9. The first-order valence-corrected chi connectivity index (χ1v) is 9.14. The van der Waals surface area contributed by atoms with Crippen LogP contribution < -0.4 is 5.56 Å². The number of benzene rings is 2. The van der Waals surface area contributed by atoms with Crippen molar-refractivity contribution >= 4 is 0 Å². The highest BCUT2D eigenvalue weighted by Gasteiger charge is 2.10. The molecule has 0 radical (unpaired) electrons. The van der Waals surface area contributed by atoms with Crippen LogP contribution in [0.15, 0.2) is 70.0 Å². The van der Waals surface area contributed by atoms with E-state index < -0.39 is 0 Å². The van der Waals surface area contributed by atoms with Crippen molar-refractivity contribution in [1.29, 1.82) is 0 Å². The maximum atomic E-state index is 12.2. The van der Waals surface area contributed by atoms with E-state index in [1.54, 1.807) is 12.1 Å². The van der Waals surface area contributed by atoms with Gasteiger partial charge in [-0.3, -0.25) is 4.79 Å². The molecule has 0 unspecified atom stereocenters. The van der Waals surface area contributed by atoms with Gasteiger partial charge in [-0.15, -0.1) is 0 Å². The fraction of sp³-hybridized carbons (Fsp3) is 0.182. The van der Waals surface area contributed by atoms with Crippen molar-refractivity contribution in [2.45, 2.75) is 26.8 Å². The van der Waals surface area contributed by atoms with Gasteiger partial charge in [0.15, 0.2) is 0 Å². The summed E-state index contributed by atoms with van der Waals surface area (Å²) in [6, 6.07) is 19.1. The Hall–Kier alpha value is -3.54. The van der Waals surface area contributed by atoms with Crippen LogP contribution in [0.4, 0.5) is 0 Å². The number of hydrogen-bond acceptors (Lipinski definition) is 5. The minimum Gasteiger partial charge on any atom is -0.339 e. The molecule has 140 valence electrons. The Bertz CT molecular complexity index is 1160. The van der Waals surface area contributed by atoms with Gasteiger partial charge in [0.2, 0.25) is 11.7 Å². The Kier molecular flexibility index (Phi) is 4.85. The quantitative estimate of drug-likeness (QED) is 0.532. The Balaban J connectivity index is 1.53. The second-order valence-electron chi connectivity index (χ2n) is 6.71. The second kappa shape index (κ2) is 7.60. The van der Waals surface area contributed by atoms with Crippen LogP contribution in [0.5, 0.6) is 0 Å². The molecule has 2 aromatic carbocycles. The number of nitrogens with zero attached hydrogens (tertiary/aromatic N) is 4. The molecule has 6 heteroatoms. The van der Waals surface area contributed by atoms with E-state index in [0.29, 0.717) is 24.7 Å². The molecule has 0 aliphatic heterocycles. The van der Waals surface area contributed by atoms with Gasteiger partial charge in [-0.1, -0.05) is 47.6 Å². The summed E-state index contributed by atoms with van der Waals surface area (Å²) in [4.78, 5) is 16.6. The van der Waals surface area contributed by atoms with E-state index in [2.05, 4.69) is 41.2 Å². The zero-order valence-corrected chi connectivity index (χ0v) is 15.8. The van der Waals surface area contributed by atoms with E-state index >= 15 is 0 Å². The van der Waals surface area contributed by atoms with Crippen LogP contribution in [0.1, 0.15) is 17.0 Å². The van der Waals surface area contributed by atoms with Crippen LogP contribution in [0.25, 0.3) is 22.6 Å². The zero-order chi connectivity index (χ0) is 19.5. The predicted molar refractivity (Wildman–Crippen MR) is 107 cm³/mol. The normalized spacial score (nSPS) is 10.9. The molecule has 0 fully saturated rings. The van der Waals surface area contributed by atoms with Crippen molar-refractivity contribution in [3.05, 3.63) is 88.0 Å². The van der Waals surface area contributed by atoms with Crippen molar-refractivity contribution in [2.24, 2.45) is 0 Å². The molecule has 0 atom stereocenters. The lowest BCUT2D eigenvalue weighted by atomic mass is 10.0. The molecule has 0 aliphatic carbocycles. The first-order chi connectivity index (χ1) is 13.6. The summed E-state index contributed by atoms with van der Waals surface area (Å²) in [6.45, 7) is 4.50. The summed E-state index contributed by atoms with van der Waals surface area (Å²) in [5.41, 5.74) is 4.90. The Labute approximate surface area is 162 Å². The molecule has 0 aliphatic rings. The lowest BCUT2D eigenvalue weighted by Crippen LogP contribution is -2.23. The van der Waals surface area contributed by atoms with Gasteiger partial charge >= 0.3 is 0 Å². The summed E-state index contributed by atoms with van der Waals surface area (Å²) < 4.78 is 6.76. The van der Waals surface area contributed by atoms with Crippen LogP contribution in [-0.2, 0) is 13.0 Å². The van der Waals surface area contributed by atoms with Crippen molar-refractivity contribution in [1.82, 2.24) is 19.9 Å². The molecule has 0 saturated carbocycles. The van der Waals surface area contributed by atoms with Crippen LogP contribution >= 0.6 is 0 Å². The number of hydrogen-bond donors (Lipinski definition) is 0. The van der Waals surface area contributed by atoms with Gasteiger partial charge in [-0.05, 0) is 37.1 Å². The molecule has 0 spiro atoms. The predicted octanol–water partition coefficient (Wildman–Crippen LogP) is 3.82. The largest absolute Gasteiger partial charge is 0.339 e. The van der Waals surface area contributed by atoms with Gasteiger partial charge in [0.05, 0.1) is 12.2 Å². The maximum absolute atomic E-state index is 12.2. The molecular formula is C22H20N4O2. The van der Waals surface area contributed by atoms with Crippen LogP contribution in [-0.4, -0.2) is 19.9 Å². The highest BCUT2D eigenvalue weighted by Crippen LogP contribution is 2.19. The highest BCUT2D eigenvalue weighted by atomic mass is 16.5. The average Bonchev–Trinajstić information content (AvgIpc) is 3.19. The monoisotopic (exact) mass is 372 g/mol. The third-order valence-electron chi connectivity index (χ3n) is 4.71. The van der Waals surface area contributed by atoms with Gasteiger partial charge < -0.3 is 4.52 Å². The third-order valence-corrected chi connectivity index (χ3v) is 4.71. The van der Waals surface area contributed by atoms with Crippen LogP contribution in [0.3, 0.4) is 0 Å². The lowest BCUT2D eigenvalue weighted by Gasteiger charge is -2.08. The van der Waals surface area contributed by atoms with Gasteiger partial charge in [0, 0.05) is 23.6 Å². The molecule has 2 heterocycles. The molecule has 6 nitrogen and oxygen atoms in total. The van der Waals surface area contributed by atoms with E-state index in [1.165, 1.54) is 15.8 Å². The Morgan fingerprint density at radius 2 is 1.75 bits per heavy atom. The van der Waals surface area contributed by atoms with Gasteiger partial charge in [0.1, 0.15) is 0 Å².